The number of carbonyl (C=O) groups is 2. The molecule has 3 N–H and O–H groups in total. The first kappa shape index (κ1) is 29.0. The maximum Gasteiger partial charge on any atom is 0.307 e. The number of carboxylic acids is 2. The van der Waals surface area contributed by atoms with Gasteiger partial charge in [-0.3, -0.25) is 9.59 Å². The minimum atomic E-state index is -0.916. The number of pyridine rings is 1. The van der Waals surface area contributed by atoms with E-state index in [-0.39, 0.29) is 12.8 Å². The van der Waals surface area contributed by atoms with Crippen molar-refractivity contribution in [2.24, 2.45) is 0 Å². The molecule has 1 aromatic heterocycles. The summed E-state index contributed by atoms with van der Waals surface area (Å²) in [6.45, 7) is 2.43. The number of nitrogens with zero attached hydrogens (tertiary/aromatic N) is 2. The van der Waals surface area contributed by atoms with Crippen LogP contribution in [0.1, 0.15) is 16.8 Å². The highest BCUT2D eigenvalue weighted by molar-refractivity contribution is 6.32. The second-order valence-electron chi connectivity index (χ2n) is 8.45. The Morgan fingerprint density at radius 3 is 2.03 bits per heavy atom. The van der Waals surface area contributed by atoms with Crippen LogP contribution in [0.25, 0.3) is 0 Å². The first-order chi connectivity index (χ1) is 18.2. The molecular formula is C27H29Cl2N3O6. The molecule has 0 atom stereocenters. The number of anilines is 1. The summed E-state index contributed by atoms with van der Waals surface area (Å²) in [6, 6.07) is 15.7. The van der Waals surface area contributed by atoms with Gasteiger partial charge in [0.25, 0.3) is 0 Å². The van der Waals surface area contributed by atoms with Gasteiger partial charge in [-0.15, -0.1) is 0 Å². The fourth-order valence-electron chi connectivity index (χ4n) is 3.53. The van der Waals surface area contributed by atoms with E-state index in [2.05, 4.69) is 10.3 Å². The van der Waals surface area contributed by atoms with Crippen molar-refractivity contribution in [2.75, 3.05) is 38.3 Å². The number of halogens is 2. The number of nitrogens with one attached hydrogen (secondary N) is 1. The molecule has 9 nitrogen and oxygen atoms in total. The topological polar surface area (TPSA) is 121 Å². The minimum absolute atomic E-state index is 0.0891. The summed E-state index contributed by atoms with van der Waals surface area (Å²) in [5, 5.41) is 21.8. The van der Waals surface area contributed by atoms with E-state index in [0.717, 1.165) is 11.5 Å². The van der Waals surface area contributed by atoms with E-state index >= 15 is 0 Å². The highest BCUT2D eigenvalue weighted by atomic mass is 35.5. The average Bonchev–Trinajstić information content (AvgIpc) is 2.85. The van der Waals surface area contributed by atoms with Crippen molar-refractivity contribution in [1.29, 1.82) is 0 Å². The molecule has 2 aromatic carbocycles. The van der Waals surface area contributed by atoms with E-state index in [4.69, 9.17) is 42.9 Å². The molecule has 1 heterocycles. The summed E-state index contributed by atoms with van der Waals surface area (Å²) in [7, 11) is 1.92. The zero-order chi connectivity index (χ0) is 27.5. The van der Waals surface area contributed by atoms with Crippen LogP contribution in [0.2, 0.25) is 10.0 Å². The Morgan fingerprint density at radius 2 is 1.47 bits per heavy atom. The summed E-state index contributed by atoms with van der Waals surface area (Å²) in [5.74, 6) is -0.0344. The van der Waals surface area contributed by atoms with Gasteiger partial charge >= 0.3 is 11.9 Å². The molecule has 0 aliphatic heterocycles. The van der Waals surface area contributed by atoms with Crippen molar-refractivity contribution in [3.8, 4) is 11.5 Å². The number of rotatable bonds is 15. The van der Waals surface area contributed by atoms with Crippen LogP contribution >= 0.6 is 23.2 Å². The van der Waals surface area contributed by atoms with E-state index in [9.17, 15) is 9.59 Å². The van der Waals surface area contributed by atoms with Gasteiger partial charge in [0.2, 0.25) is 0 Å². The number of carboxylic acid groups (broad SMARTS) is 2. The fraction of sp³-hybridized carbons (Fsp3) is 0.296. The van der Waals surface area contributed by atoms with Crippen LogP contribution < -0.4 is 19.7 Å². The molecule has 0 radical (unpaired) electrons. The smallest absolute Gasteiger partial charge is 0.307 e. The Labute approximate surface area is 230 Å². The lowest BCUT2D eigenvalue weighted by molar-refractivity contribution is -0.137. The molecule has 0 saturated heterocycles. The van der Waals surface area contributed by atoms with Gasteiger partial charge in [0.1, 0.15) is 30.5 Å². The lowest BCUT2D eigenvalue weighted by Gasteiger charge is -2.19. The van der Waals surface area contributed by atoms with Crippen molar-refractivity contribution in [3.05, 3.63) is 81.5 Å². The molecule has 0 saturated carbocycles. The van der Waals surface area contributed by atoms with E-state index in [1.807, 2.05) is 30.1 Å². The molecular weight excluding hydrogens is 533 g/mol. The van der Waals surface area contributed by atoms with Crippen LogP contribution in [0.15, 0.2) is 54.6 Å². The highest BCUT2D eigenvalue weighted by Gasteiger charge is 2.09. The van der Waals surface area contributed by atoms with E-state index in [0.29, 0.717) is 65.5 Å². The Bertz CT molecular complexity index is 1260. The third-order valence-corrected chi connectivity index (χ3v) is 6.00. The highest BCUT2D eigenvalue weighted by Crippen LogP contribution is 2.26. The Morgan fingerprint density at radius 1 is 0.895 bits per heavy atom. The second kappa shape index (κ2) is 14.4. The summed E-state index contributed by atoms with van der Waals surface area (Å²) in [4.78, 5) is 28.3. The monoisotopic (exact) mass is 561 g/mol. The van der Waals surface area contributed by atoms with Gasteiger partial charge in [-0.05, 0) is 47.5 Å². The molecule has 0 aliphatic carbocycles. The third kappa shape index (κ3) is 9.41. The van der Waals surface area contributed by atoms with Crippen molar-refractivity contribution >= 4 is 41.0 Å². The van der Waals surface area contributed by atoms with E-state index in [1.54, 1.807) is 36.4 Å². The largest absolute Gasteiger partial charge is 0.491 e. The van der Waals surface area contributed by atoms with Crippen molar-refractivity contribution in [2.45, 2.75) is 19.4 Å². The fourth-order valence-corrected chi connectivity index (χ4v) is 4.04. The van der Waals surface area contributed by atoms with Gasteiger partial charge in [-0.1, -0.05) is 41.4 Å². The first-order valence-electron chi connectivity index (χ1n) is 11.8. The van der Waals surface area contributed by atoms with Crippen LogP contribution in [0.5, 0.6) is 11.5 Å². The third-order valence-electron chi connectivity index (χ3n) is 5.41. The van der Waals surface area contributed by atoms with Crippen molar-refractivity contribution < 1.29 is 29.3 Å². The number of hydrogen-bond acceptors (Lipinski definition) is 7. The van der Waals surface area contributed by atoms with Gasteiger partial charge < -0.3 is 29.9 Å². The van der Waals surface area contributed by atoms with Gasteiger partial charge in [0, 0.05) is 20.1 Å². The maximum absolute atomic E-state index is 10.8. The lowest BCUT2D eigenvalue weighted by Crippen LogP contribution is -2.25. The second-order valence-corrected chi connectivity index (χ2v) is 9.27. The SMILES string of the molecule is CN(CCOc1ccc(CC(=O)O)cc1Cl)c1cccc(CNCCOc2ccc(CC(=O)O)cc2Cl)n1. The zero-order valence-corrected chi connectivity index (χ0v) is 22.3. The molecule has 3 aromatic rings. The molecule has 0 fully saturated rings. The predicted octanol–water partition coefficient (Wildman–Crippen LogP) is 4.33. The maximum atomic E-state index is 10.8. The van der Waals surface area contributed by atoms with Crippen LogP contribution in [-0.4, -0.2) is 60.5 Å². The molecule has 0 unspecified atom stereocenters. The van der Waals surface area contributed by atoms with Crippen LogP contribution in [0.3, 0.4) is 0 Å². The number of likely N-dealkylation sites (N-methyl/N-ethyl adjacent to an activating group) is 1. The molecule has 0 amide bonds. The lowest BCUT2D eigenvalue weighted by atomic mass is 10.1. The predicted molar refractivity (Wildman–Crippen MR) is 146 cm³/mol. The van der Waals surface area contributed by atoms with Gasteiger partial charge in [-0.25, -0.2) is 4.98 Å². The standard InChI is InChI=1S/C27H29Cl2N3O6/c1-32(10-12-38-24-8-6-19(14-22(24)29)16-27(35)36)25-4-2-3-20(31-25)17-30-9-11-37-23-7-5-18(13-21(23)28)15-26(33)34/h2-8,13-14,30H,9-12,15-17H2,1H3,(H,33,34)(H,35,36). The number of aromatic nitrogens is 1. The van der Waals surface area contributed by atoms with Crippen molar-refractivity contribution in [1.82, 2.24) is 10.3 Å². The Balaban J connectivity index is 1.40. The first-order valence-corrected chi connectivity index (χ1v) is 12.6. The van der Waals surface area contributed by atoms with Crippen LogP contribution in [0, 0.1) is 0 Å². The van der Waals surface area contributed by atoms with Gasteiger partial charge in [0.05, 0.1) is 35.1 Å². The Kier molecular flexibility index (Phi) is 11.0. The number of hydrogen-bond donors (Lipinski definition) is 3. The summed E-state index contributed by atoms with van der Waals surface area (Å²) < 4.78 is 11.5. The van der Waals surface area contributed by atoms with Gasteiger partial charge in [0.15, 0.2) is 0 Å². The molecule has 3 rings (SSSR count). The number of aliphatic carboxylic acids is 2. The van der Waals surface area contributed by atoms with Crippen molar-refractivity contribution in [3.63, 3.8) is 0 Å². The Hall–Kier alpha value is -3.53. The van der Waals surface area contributed by atoms with Crippen LogP contribution in [-0.2, 0) is 29.0 Å². The molecule has 0 bridgehead atoms. The quantitative estimate of drug-likeness (QED) is 0.233. The van der Waals surface area contributed by atoms with Gasteiger partial charge in [-0.2, -0.15) is 0 Å². The normalized spacial score (nSPS) is 10.7. The molecule has 0 spiro atoms. The molecule has 202 valence electrons. The summed E-state index contributed by atoms with van der Waals surface area (Å²) >= 11 is 12.4. The van der Waals surface area contributed by atoms with Crippen LogP contribution in [0.4, 0.5) is 5.82 Å². The number of benzene rings is 2. The molecule has 38 heavy (non-hydrogen) atoms. The summed E-state index contributed by atoms with van der Waals surface area (Å²) in [6.07, 6.45) is -0.181. The van der Waals surface area contributed by atoms with E-state index in [1.165, 1.54) is 0 Å². The molecule has 0 aliphatic rings. The zero-order valence-electron chi connectivity index (χ0n) is 20.8. The summed E-state index contributed by atoms with van der Waals surface area (Å²) in [5.41, 5.74) is 2.10. The average molecular weight is 562 g/mol. The van der Waals surface area contributed by atoms with E-state index < -0.39 is 11.9 Å². The number of ether oxygens (including phenoxy) is 2. The molecule has 11 heteroatoms. The minimum Gasteiger partial charge on any atom is -0.491 e.